The van der Waals surface area contributed by atoms with Gasteiger partial charge in [-0.2, -0.15) is 0 Å². The summed E-state index contributed by atoms with van der Waals surface area (Å²) in [6, 6.07) is 3.90. The van der Waals surface area contributed by atoms with Crippen LogP contribution in [0.25, 0.3) is 0 Å². The van der Waals surface area contributed by atoms with Crippen LogP contribution in [0.2, 0.25) is 5.02 Å². The lowest BCUT2D eigenvalue weighted by molar-refractivity contribution is -0.384. The largest absolute Gasteiger partial charge is 0.349 e. The molecule has 0 unspecified atom stereocenters. The third-order valence-electron chi connectivity index (χ3n) is 3.02. The van der Waals surface area contributed by atoms with Gasteiger partial charge in [-0.1, -0.05) is 11.6 Å². The number of rotatable bonds is 2. The molecule has 0 radical (unpaired) electrons. The van der Waals surface area contributed by atoms with E-state index >= 15 is 0 Å². The van der Waals surface area contributed by atoms with Crippen molar-refractivity contribution in [1.82, 2.24) is 10.2 Å². The van der Waals surface area contributed by atoms with Crippen LogP contribution in [0, 0.1) is 10.1 Å². The molecule has 1 aromatic carbocycles. The minimum absolute atomic E-state index is 0.00586. The minimum atomic E-state index is -0.627. The van der Waals surface area contributed by atoms with Crippen molar-refractivity contribution in [2.75, 3.05) is 13.1 Å². The lowest BCUT2D eigenvalue weighted by Gasteiger charge is -2.18. The molecule has 20 heavy (non-hydrogen) atoms. The molecule has 0 saturated carbocycles. The van der Waals surface area contributed by atoms with Gasteiger partial charge in [-0.25, -0.2) is 0 Å². The third kappa shape index (κ3) is 3.23. The number of hydrogen-bond donors (Lipinski definition) is 1. The van der Waals surface area contributed by atoms with Crippen molar-refractivity contribution in [3.63, 3.8) is 0 Å². The van der Waals surface area contributed by atoms with E-state index in [9.17, 15) is 14.9 Å². The van der Waals surface area contributed by atoms with Crippen LogP contribution in [-0.4, -0.2) is 33.9 Å². The highest BCUT2D eigenvalue weighted by atomic mass is 35.5. The summed E-state index contributed by atoms with van der Waals surface area (Å²) in [5.41, 5.74) is -0.144. The van der Waals surface area contributed by atoms with Crippen LogP contribution in [0.15, 0.2) is 18.2 Å². The first kappa shape index (κ1) is 14.7. The quantitative estimate of drug-likeness (QED) is 0.515. The fourth-order valence-corrected chi connectivity index (χ4v) is 2.42. The van der Waals surface area contributed by atoms with Crippen molar-refractivity contribution in [2.24, 2.45) is 0 Å². The number of carbonyl (C=O) groups is 1. The van der Waals surface area contributed by atoms with Crippen molar-refractivity contribution in [3.8, 4) is 0 Å². The van der Waals surface area contributed by atoms with Gasteiger partial charge in [0.2, 0.25) is 0 Å². The number of nitro groups is 1. The number of nitrogens with one attached hydrogen (secondary N) is 1. The lowest BCUT2D eigenvalue weighted by atomic mass is 10.2. The van der Waals surface area contributed by atoms with Crippen molar-refractivity contribution in [2.45, 2.75) is 12.8 Å². The predicted molar refractivity (Wildman–Crippen MR) is 79.0 cm³/mol. The third-order valence-corrected chi connectivity index (χ3v) is 3.70. The summed E-state index contributed by atoms with van der Waals surface area (Å²) >= 11 is 10.8. The topological polar surface area (TPSA) is 75.5 Å². The molecule has 0 spiro atoms. The van der Waals surface area contributed by atoms with E-state index in [1.807, 2.05) is 4.90 Å². The number of likely N-dealkylation sites (tertiary alicyclic amines) is 1. The van der Waals surface area contributed by atoms with Gasteiger partial charge in [0, 0.05) is 24.7 Å². The summed E-state index contributed by atoms with van der Waals surface area (Å²) < 4.78 is 0. The highest BCUT2D eigenvalue weighted by molar-refractivity contribution is 7.80. The van der Waals surface area contributed by atoms with Crippen molar-refractivity contribution < 1.29 is 9.72 Å². The molecule has 106 valence electrons. The summed E-state index contributed by atoms with van der Waals surface area (Å²) in [5, 5.41) is 13.7. The maximum atomic E-state index is 12.0. The number of amides is 1. The van der Waals surface area contributed by atoms with E-state index in [0.29, 0.717) is 5.11 Å². The molecule has 1 aromatic rings. The zero-order valence-corrected chi connectivity index (χ0v) is 12.0. The van der Waals surface area contributed by atoms with Gasteiger partial charge in [0.25, 0.3) is 11.6 Å². The molecule has 1 saturated heterocycles. The Bertz CT molecular complexity index is 573. The van der Waals surface area contributed by atoms with Crippen LogP contribution in [0.3, 0.4) is 0 Å². The summed E-state index contributed by atoms with van der Waals surface area (Å²) in [6.07, 6.45) is 2.09. The Morgan fingerprint density at radius 3 is 2.65 bits per heavy atom. The van der Waals surface area contributed by atoms with E-state index in [1.165, 1.54) is 12.1 Å². The fourth-order valence-electron chi connectivity index (χ4n) is 1.96. The van der Waals surface area contributed by atoms with E-state index in [4.69, 9.17) is 23.8 Å². The summed E-state index contributed by atoms with van der Waals surface area (Å²) in [4.78, 5) is 24.1. The molecule has 1 fully saturated rings. The summed E-state index contributed by atoms with van der Waals surface area (Å²) in [6.45, 7) is 1.64. The van der Waals surface area contributed by atoms with E-state index < -0.39 is 10.8 Å². The predicted octanol–water partition coefficient (Wildman–Crippen LogP) is 2.36. The average molecular weight is 314 g/mol. The van der Waals surface area contributed by atoms with Crippen LogP contribution >= 0.6 is 23.8 Å². The molecule has 1 N–H and O–H groups in total. The second kappa shape index (κ2) is 6.15. The Kier molecular flexibility index (Phi) is 4.51. The fraction of sp³-hybridized carbons (Fsp3) is 0.333. The van der Waals surface area contributed by atoms with E-state index in [1.54, 1.807) is 0 Å². The molecule has 2 rings (SSSR count). The minimum Gasteiger partial charge on any atom is -0.349 e. The maximum absolute atomic E-state index is 12.0. The molecule has 1 amide bonds. The van der Waals surface area contributed by atoms with E-state index in [-0.39, 0.29) is 16.3 Å². The Hall–Kier alpha value is -1.73. The summed E-state index contributed by atoms with van der Waals surface area (Å²) in [7, 11) is 0. The molecule has 1 heterocycles. The first-order chi connectivity index (χ1) is 9.49. The summed E-state index contributed by atoms with van der Waals surface area (Å²) in [5.74, 6) is -0.471. The van der Waals surface area contributed by atoms with Crippen LogP contribution in [0.4, 0.5) is 5.69 Å². The normalized spacial score (nSPS) is 14.2. The Morgan fingerprint density at radius 2 is 2.05 bits per heavy atom. The van der Waals surface area contributed by atoms with E-state index in [0.717, 1.165) is 32.0 Å². The maximum Gasteiger partial charge on any atom is 0.288 e. The standard InChI is InChI=1S/C12H12ClN3O3S/c13-9-4-3-8(7-10(9)16(18)19)11(17)14-12(20)15-5-1-2-6-15/h3-4,7H,1-2,5-6H2,(H,14,17,20). The average Bonchev–Trinajstić information content (AvgIpc) is 2.92. The number of carbonyl (C=O) groups excluding carboxylic acids is 1. The van der Waals surface area contributed by atoms with Crippen LogP contribution in [-0.2, 0) is 0 Å². The molecule has 6 nitrogen and oxygen atoms in total. The molecule has 0 atom stereocenters. The van der Waals surface area contributed by atoms with Gasteiger partial charge >= 0.3 is 0 Å². The van der Waals surface area contributed by atoms with Gasteiger partial charge in [0.05, 0.1) is 4.92 Å². The molecule has 0 aromatic heterocycles. The highest BCUT2D eigenvalue weighted by Gasteiger charge is 2.20. The second-order valence-corrected chi connectivity index (χ2v) is 5.17. The number of halogens is 1. The number of nitrogens with zero attached hydrogens (tertiary/aromatic N) is 2. The van der Waals surface area contributed by atoms with Crippen molar-refractivity contribution in [1.29, 1.82) is 0 Å². The number of nitro benzene ring substituents is 1. The zero-order valence-electron chi connectivity index (χ0n) is 10.5. The lowest BCUT2D eigenvalue weighted by Crippen LogP contribution is -2.41. The van der Waals surface area contributed by atoms with Crippen LogP contribution in [0.5, 0.6) is 0 Å². The second-order valence-electron chi connectivity index (χ2n) is 4.38. The van der Waals surface area contributed by atoms with Crippen LogP contribution in [0.1, 0.15) is 23.2 Å². The van der Waals surface area contributed by atoms with Crippen LogP contribution < -0.4 is 5.32 Å². The molecular weight excluding hydrogens is 302 g/mol. The van der Waals surface area contributed by atoms with Gasteiger partial charge in [-0.3, -0.25) is 20.2 Å². The molecule has 1 aliphatic rings. The van der Waals surface area contributed by atoms with Gasteiger partial charge < -0.3 is 4.90 Å². The monoisotopic (exact) mass is 313 g/mol. The van der Waals surface area contributed by atoms with Gasteiger partial charge in [-0.15, -0.1) is 0 Å². The van der Waals surface area contributed by atoms with Crippen molar-refractivity contribution >= 4 is 40.5 Å². The first-order valence-corrected chi connectivity index (χ1v) is 6.82. The number of benzene rings is 1. The molecular formula is C12H12ClN3O3S. The van der Waals surface area contributed by atoms with Gasteiger partial charge in [-0.05, 0) is 37.2 Å². The molecule has 8 heteroatoms. The van der Waals surface area contributed by atoms with E-state index in [2.05, 4.69) is 5.32 Å². The molecule has 0 bridgehead atoms. The Labute approximate surface area is 125 Å². The SMILES string of the molecule is O=C(NC(=S)N1CCCC1)c1ccc(Cl)c([N+](=O)[O-])c1. The number of thiocarbonyl (C=S) groups is 1. The Balaban J connectivity index is 2.11. The first-order valence-electron chi connectivity index (χ1n) is 6.03. The molecule has 1 aliphatic heterocycles. The molecule has 0 aliphatic carbocycles. The smallest absolute Gasteiger partial charge is 0.288 e. The van der Waals surface area contributed by atoms with Gasteiger partial charge in [0.1, 0.15) is 5.02 Å². The zero-order chi connectivity index (χ0) is 14.7. The number of hydrogen-bond acceptors (Lipinski definition) is 4. The van der Waals surface area contributed by atoms with Crippen molar-refractivity contribution in [3.05, 3.63) is 38.9 Å². The highest BCUT2D eigenvalue weighted by Crippen LogP contribution is 2.25. The Morgan fingerprint density at radius 1 is 1.40 bits per heavy atom. The van der Waals surface area contributed by atoms with Gasteiger partial charge in [0.15, 0.2) is 5.11 Å².